The molecule has 0 saturated heterocycles. The quantitative estimate of drug-likeness (QED) is 0.810. The number of furan rings is 1. The van der Waals surface area contributed by atoms with E-state index in [0.717, 1.165) is 5.56 Å². The average molecular weight is 232 g/mol. The van der Waals surface area contributed by atoms with Crippen molar-refractivity contribution in [3.05, 3.63) is 47.5 Å². The molecule has 0 spiro atoms. The monoisotopic (exact) mass is 232 g/mol. The van der Waals surface area contributed by atoms with Crippen LogP contribution in [0.3, 0.4) is 0 Å². The molecule has 0 unspecified atom stereocenters. The Morgan fingerprint density at radius 3 is 2.76 bits per heavy atom. The van der Waals surface area contributed by atoms with E-state index < -0.39 is 0 Å². The van der Waals surface area contributed by atoms with Crippen molar-refractivity contribution in [2.75, 3.05) is 0 Å². The van der Waals surface area contributed by atoms with Gasteiger partial charge >= 0.3 is 0 Å². The third-order valence-corrected chi connectivity index (χ3v) is 2.62. The van der Waals surface area contributed by atoms with Crippen molar-refractivity contribution in [2.24, 2.45) is 0 Å². The molecule has 1 aromatic heterocycles. The van der Waals surface area contributed by atoms with Crippen molar-refractivity contribution in [2.45, 2.75) is 20.3 Å². The lowest BCUT2D eigenvalue weighted by molar-refractivity contribution is -0.116. The smallest absolute Gasteiger partial charge is 0.137 e. The zero-order valence-corrected chi connectivity index (χ0v) is 9.79. The van der Waals surface area contributed by atoms with Crippen LogP contribution >= 0.6 is 0 Å². The molecule has 0 N–H and O–H groups in total. The maximum atomic E-state index is 13.4. The number of hydrogen-bond donors (Lipinski definition) is 0. The van der Waals surface area contributed by atoms with E-state index >= 15 is 0 Å². The molecule has 2 rings (SSSR count). The van der Waals surface area contributed by atoms with Crippen LogP contribution in [-0.2, 0) is 11.2 Å². The number of carbonyl (C=O) groups is 1. The van der Waals surface area contributed by atoms with Crippen molar-refractivity contribution in [3.8, 4) is 11.3 Å². The first-order valence-electron chi connectivity index (χ1n) is 5.41. The SMILES string of the molecule is CC(=O)Cc1ccc(-c2cccc(F)c2C)o1. The molecule has 17 heavy (non-hydrogen) atoms. The lowest BCUT2D eigenvalue weighted by Crippen LogP contribution is -1.93. The molecule has 0 saturated carbocycles. The van der Waals surface area contributed by atoms with E-state index in [0.29, 0.717) is 17.1 Å². The van der Waals surface area contributed by atoms with Crippen molar-refractivity contribution in [1.82, 2.24) is 0 Å². The Morgan fingerprint density at radius 2 is 2.06 bits per heavy atom. The molecule has 0 amide bonds. The van der Waals surface area contributed by atoms with Crippen molar-refractivity contribution in [3.63, 3.8) is 0 Å². The number of halogens is 1. The van der Waals surface area contributed by atoms with Crippen molar-refractivity contribution < 1.29 is 13.6 Å². The second-order valence-electron chi connectivity index (χ2n) is 4.06. The van der Waals surface area contributed by atoms with Gasteiger partial charge in [0.15, 0.2) is 0 Å². The van der Waals surface area contributed by atoms with E-state index in [1.807, 2.05) is 0 Å². The Bertz CT molecular complexity index is 555. The normalized spacial score (nSPS) is 10.5. The first-order valence-corrected chi connectivity index (χ1v) is 5.41. The van der Waals surface area contributed by atoms with E-state index in [-0.39, 0.29) is 18.0 Å². The highest BCUT2D eigenvalue weighted by Gasteiger charge is 2.10. The van der Waals surface area contributed by atoms with Crippen LogP contribution in [0.15, 0.2) is 34.7 Å². The van der Waals surface area contributed by atoms with E-state index in [1.165, 1.54) is 13.0 Å². The van der Waals surface area contributed by atoms with Crippen LogP contribution in [0.1, 0.15) is 18.2 Å². The minimum Gasteiger partial charge on any atom is -0.461 e. The van der Waals surface area contributed by atoms with Gasteiger partial charge in [0.05, 0.1) is 6.42 Å². The van der Waals surface area contributed by atoms with Gasteiger partial charge in [-0.2, -0.15) is 0 Å². The van der Waals surface area contributed by atoms with Crippen LogP contribution in [0, 0.1) is 12.7 Å². The molecule has 0 atom stereocenters. The zero-order valence-electron chi connectivity index (χ0n) is 9.79. The molecule has 0 fully saturated rings. The van der Waals surface area contributed by atoms with Gasteiger partial charge in [-0.05, 0) is 37.6 Å². The Kier molecular flexibility index (Phi) is 3.09. The van der Waals surface area contributed by atoms with Gasteiger partial charge in [0, 0.05) is 5.56 Å². The highest BCUT2D eigenvalue weighted by Crippen LogP contribution is 2.27. The molecule has 0 radical (unpaired) electrons. The highest BCUT2D eigenvalue weighted by atomic mass is 19.1. The second kappa shape index (κ2) is 4.53. The van der Waals surface area contributed by atoms with Gasteiger partial charge in [0.1, 0.15) is 23.1 Å². The van der Waals surface area contributed by atoms with Crippen LogP contribution in [0.2, 0.25) is 0 Å². The molecular formula is C14H13FO2. The van der Waals surface area contributed by atoms with E-state index in [4.69, 9.17) is 4.42 Å². The summed E-state index contributed by atoms with van der Waals surface area (Å²) in [6, 6.07) is 8.37. The lowest BCUT2D eigenvalue weighted by Gasteiger charge is -2.03. The molecule has 88 valence electrons. The minimum absolute atomic E-state index is 0.0434. The summed E-state index contributed by atoms with van der Waals surface area (Å²) in [5.74, 6) is 0.989. The Balaban J connectivity index is 2.37. The van der Waals surface area contributed by atoms with Gasteiger partial charge in [-0.3, -0.25) is 4.79 Å². The molecule has 1 heterocycles. The molecule has 2 aromatic rings. The van der Waals surface area contributed by atoms with Gasteiger partial charge < -0.3 is 4.42 Å². The predicted octanol–water partition coefficient (Wildman–Crippen LogP) is 3.53. The Hall–Kier alpha value is -1.90. The van der Waals surface area contributed by atoms with Gasteiger partial charge in [-0.25, -0.2) is 4.39 Å². The molecule has 2 nitrogen and oxygen atoms in total. The van der Waals surface area contributed by atoms with E-state index in [1.54, 1.807) is 31.2 Å². The number of rotatable bonds is 3. The standard InChI is InChI=1S/C14H13FO2/c1-9(16)8-11-6-7-14(17-11)12-4-3-5-13(15)10(12)2/h3-7H,8H2,1-2H3. The summed E-state index contributed by atoms with van der Waals surface area (Å²) in [6.45, 7) is 3.22. The summed E-state index contributed by atoms with van der Waals surface area (Å²) in [6.07, 6.45) is 0.272. The van der Waals surface area contributed by atoms with Crippen LogP contribution in [0.25, 0.3) is 11.3 Å². The molecule has 0 aliphatic heterocycles. The minimum atomic E-state index is -0.257. The fourth-order valence-corrected chi connectivity index (χ4v) is 1.74. The maximum absolute atomic E-state index is 13.4. The Labute approximate surface area is 99.1 Å². The van der Waals surface area contributed by atoms with E-state index in [2.05, 4.69) is 0 Å². The fraction of sp³-hybridized carbons (Fsp3) is 0.214. The van der Waals surface area contributed by atoms with Crippen LogP contribution in [-0.4, -0.2) is 5.78 Å². The number of benzene rings is 1. The summed E-state index contributed by atoms with van der Waals surface area (Å²) in [5.41, 5.74) is 1.27. The van der Waals surface area contributed by atoms with Gasteiger partial charge in [0.25, 0.3) is 0 Å². The van der Waals surface area contributed by atoms with Gasteiger partial charge in [0.2, 0.25) is 0 Å². The van der Waals surface area contributed by atoms with Crippen molar-refractivity contribution in [1.29, 1.82) is 0 Å². The summed E-state index contributed by atoms with van der Waals surface area (Å²) in [5, 5.41) is 0. The molecule has 0 aliphatic rings. The molecular weight excluding hydrogens is 219 g/mol. The molecule has 3 heteroatoms. The summed E-state index contributed by atoms with van der Waals surface area (Å²) < 4.78 is 18.9. The van der Waals surface area contributed by atoms with Crippen LogP contribution < -0.4 is 0 Å². The lowest BCUT2D eigenvalue weighted by atomic mass is 10.1. The number of Topliss-reactive ketones (excluding diaryl/α,β-unsaturated/α-hetero) is 1. The number of carbonyl (C=O) groups excluding carboxylic acids is 1. The van der Waals surface area contributed by atoms with Gasteiger partial charge in [-0.15, -0.1) is 0 Å². The number of hydrogen-bond acceptors (Lipinski definition) is 2. The topological polar surface area (TPSA) is 30.2 Å². The van der Waals surface area contributed by atoms with E-state index in [9.17, 15) is 9.18 Å². The van der Waals surface area contributed by atoms with Crippen molar-refractivity contribution >= 4 is 5.78 Å². The highest BCUT2D eigenvalue weighted by molar-refractivity contribution is 5.77. The van der Waals surface area contributed by atoms with Crippen LogP contribution in [0.5, 0.6) is 0 Å². The predicted molar refractivity (Wildman–Crippen MR) is 63.2 cm³/mol. The fourth-order valence-electron chi connectivity index (χ4n) is 1.74. The third kappa shape index (κ3) is 2.44. The maximum Gasteiger partial charge on any atom is 0.137 e. The second-order valence-corrected chi connectivity index (χ2v) is 4.06. The largest absolute Gasteiger partial charge is 0.461 e. The molecule has 0 bridgehead atoms. The summed E-state index contributed by atoms with van der Waals surface area (Å²) in [7, 11) is 0. The summed E-state index contributed by atoms with van der Waals surface area (Å²) in [4.78, 5) is 11.0. The average Bonchev–Trinajstić information content (AvgIpc) is 2.69. The zero-order chi connectivity index (χ0) is 12.4. The first-order chi connectivity index (χ1) is 8.08. The molecule has 1 aromatic carbocycles. The number of ketones is 1. The van der Waals surface area contributed by atoms with Crippen LogP contribution in [0.4, 0.5) is 4.39 Å². The van der Waals surface area contributed by atoms with Gasteiger partial charge in [-0.1, -0.05) is 12.1 Å². The first kappa shape index (κ1) is 11.6. The molecule has 0 aliphatic carbocycles. The Morgan fingerprint density at radius 1 is 1.29 bits per heavy atom. The third-order valence-electron chi connectivity index (χ3n) is 2.62. The summed E-state index contributed by atoms with van der Waals surface area (Å²) >= 11 is 0.